The van der Waals surface area contributed by atoms with E-state index in [2.05, 4.69) is 21.3 Å². The molecule has 4 N–H and O–H groups in total. The molecule has 0 aromatic rings. The van der Waals surface area contributed by atoms with Gasteiger partial charge >= 0.3 is 6.03 Å². The van der Waals surface area contributed by atoms with Gasteiger partial charge in [0.2, 0.25) is 17.6 Å². The van der Waals surface area contributed by atoms with Crippen molar-refractivity contribution in [2.45, 2.75) is 165 Å². The molecule has 5 unspecified atom stereocenters. The molecule has 0 spiro atoms. The molecule has 46 heavy (non-hydrogen) atoms. The number of hydrogen-bond donors (Lipinski definition) is 4. The molecule has 13 heteroatoms. The zero-order valence-corrected chi connectivity index (χ0v) is 28.6. The zero-order chi connectivity index (χ0) is 33.5. The highest BCUT2D eigenvalue weighted by Gasteiger charge is 2.48. The predicted molar refractivity (Wildman–Crippen MR) is 173 cm³/mol. The quantitative estimate of drug-likeness (QED) is 0.163. The molecule has 0 radical (unpaired) electrons. The molecule has 12 nitrogen and oxygen atoms in total. The van der Waals surface area contributed by atoms with Gasteiger partial charge in [-0.2, -0.15) is 0 Å². The van der Waals surface area contributed by atoms with Crippen molar-refractivity contribution in [2.24, 2.45) is 5.41 Å². The Bertz CT molecular complexity index is 1150. The molecule has 3 saturated carbocycles. The fourth-order valence-electron chi connectivity index (χ4n) is 7.63. The van der Waals surface area contributed by atoms with Crippen LogP contribution in [0.25, 0.3) is 0 Å². The Labute approximate surface area is 276 Å². The minimum Gasteiger partial charge on any atom is -0.772 e. The number of ketones is 1. The van der Waals surface area contributed by atoms with E-state index in [0.717, 1.165) is 70.6 Å². The van der Waals surface area contributed by atoms with Gasteiger partial charge in [0.1, 0.15) is 12.1 Å². The van der Waals surface area contributed by atoms with E-state index < -0.39 is 69.0 Å². The lowest BCUT2D eigenvalue weighted by Gasteiger charge is -2.45. The molecule has 5 atom stereocenters. The summed E-state index contributed by atoms with van der Waals surface area (Å²) in [7, 11) is 0. The smallest absolute Gasteiger partial charge is 0.315 e. The zero-order valence-electron chi connectivity index (χ0n) is 27.8. The number of urea groups is 1. The molecule has 0 bridgehead atoms. The summed E-state index contributed by atoms with van der Waals surface area (Å²) in [6.45, 7) is 5.92. The summed E-state index contributed by atoms with van der Waals surface area (Å²) < 4.78 is 24.1. The van der Waals surface area contributed by atoms with Gasteiger partial charge in [-0.1, -0.05) is 76.3 Å². The van der Waals surface area contributed by atoms with Gasteiger partial charge in [-0.15, -0.1) is 0 Å². The average molecular weight is 665 g/mol. The topological polar surface area (TPSA) is 177 Å². The lowest BCUT2D eigenvalue weighted by Crippen LogP contribution is -2.65. The molecule has 5 amide bonds. The van der Waals surface area contributed by atoms with Crippen LogP contribution in [0.1, 0.15) is 130 Å². The van der Waals surface area contributed by atoms with E-state index in [1.165, 1.54) is 4.90 Å². The average Bonchev–Trinajstić information content (AvgIpc) is 3.71. The Balaban J connectivity index is 1.51. The molecular formula is C33H54N5O7S-. The van der Waals surface area contributed by atoms with E-state index in [9.17, 15) is 32.7 Å². The molecule has 4 fully saturated rings. The number of rotatable bonds is 14. The number of likely N-dealkylation sites (tertiary alicyclic amines) is 1. The number of carbonyl (C=O) groups excluding carboxylic acids is 5. The molecule has 1 heterocycles. The van der Waals surface area contributed by atoms with Gasteiger partial charge in [-0.05, 0) is 70.1 Å². The lowest BCUT2D eigenvalue weighted by molar-refractivity contribution is -0.144. The van der Waals surface area contributed by atoms with Crippen LogP contribution >= 0.6 is 0 Å². The van der Waals surface area contributed by atoms with Crippen molar-refractivity contribution < 1.29 is 32.7 Å². The summed E-state index contributed by atoms with van der Waals surface area (Å²) in [6.07, 6.45) is 12.4. The van der Waals surface area contributed by atoms with Crippen molar-refractivity contribution >= 4 is 40.6 Å². The maximum absolute atomic E-state index is 14.4. The predicted octanol–water partition coefficient (Wildman–Crippen LogP) is 3.11. The lowest BCUT2D eigenvalue weighted by atomic mass is 9.70. The van der Waals surface area contributed by atoms with Crippen molar-refractivity contribution in [1.29, 1.82) is 0 Å². The molecule has 0 aromatic heterocycles. The van der Waals surface area contributed by atoms with E-state index in [0.29, 0.717) is 45.1 Å². The molecule has 0 aromatic carbocycles. The van der Waals surface area contributed by atoms with E-state index in [1.807, 2.05) is 13.8 Å². The Morgan fingerprint density at radius 2 is 1.54 bits per heavy atom. The van der Waals surface area contributed by atoms with Crippen LogP contribution in [0.4, 0.5) is 4.79 Å². The second-order valence-electron chi connectivity index (χ2n) is 14.4. The Morgan fingerprint density at radius 1 is 0.913 bits per heavy atom. The third-order valence-electron chi connectivity index (χ3n) is 10.8. The van der Waals surface area contributed by atoms with Crippen molar-refractivity contribution in [3.63, 3.8) is 0 Å². The van der Waals surface area contributed by atoms with Crippen molar-refractivity contribution in [2.75, 3.05) is 6.54 Å². The van der Waals surface area contributed by atoms with Crippen molar-refractivity contribution in [3.8, 4) is 0 Å². The Morgan fingerprint density at radius 3 is 2.13 bits per heavy atom. The summed E-state index contributed by atoms with van der Waals surface area (Å²) in [5.74, 6) is -2.17. The minimum atomic E-state index is -2.38. The van der Waals surface area contributed by atoms with Crippen LogP contribution in [0.5, 0.6) is 0 Å². The highest BCUT2D eigenvalue weighted by molar-refractivity contribution is 7.79. The number of Topliss-reactive ketones (excluding diaryl/α,β-unsaturated/α-hetero) is 1. The number of amides is 5. The number of hydrogen-bond acceptors (Lipinski definition) is 7. The fraction of sp³-hybridized carbons (Fsp3) is 0.848. The maximum atomic E-state index is 14.4. The number of carbonyl (C=O) groups is 5. The van der Waals surface area contributed by atoms with Gasteiger partial charge in [0.25, 0.3) is 5.91 Å². The SMILES string of the molecule is CCCCC(NC(=O)C1CCCN1C(=O)C(NC(=O)NC1(C(C)S(=O)[O-])CCCCC1)C1(C)CCCCC1)C(=O)C(=O)NC1CC1. The fourth-order valence-corrected chi connectivity index (χ4v) is 8.29. The largest absolute Gasteiger partial charge is 0.772 e. The minimum absolute atomic E-state index is 0.0170. The molecule has 1 aliphatic heterocycles. The van der Waals surface area contributed by atoms with Crippen LogP contribution in [0.15, 0.2) is 0 Å². The normalized spacial score (nSPS) is 25.0. The third-order valence-corrected chi connectivity index (χ3v) is 11.9. The van der Waals surface area contributed by atoms with Gasteiger partial charge in [-0.25, -0.2) is 4.79 Å². The second kappa shape index (κ2) is 16.0. The summed E-state index contributed by atoms with van der Waals surface area (Å²) in [5.41, 5.74) is -1.47. The first-order valence-electron chi connectivity index (χ1n) is 17.5. The van der Waals surface area contributed by atoms with E-state index in [-0.39, 0.29) is 11.9 Å². The van der Waals surface area contributed by atoms with E-state index in [4.69, 9.17) is 0 Å². The maximum Gasteiger partial charge on any atom is 0.315 e. The van der Waals surface area contributed by atoms with Crippen LogP contribution in [-0.4, -0.2) is 84.7 Å². The van der Waals surface area contributed by atoms with E-state index in [1.54, 1.807) is 6.92 Å². The highest BCUT2D eigenvalue weighted by atomic mass is 32.2. The number of unbranched alkanes of at least 4 members (excludes halogenated alkanes) is 1. The van der Waals surface area contributed by atoms with Crippen molar-refractivity contribution in [1.82, 2.24) is 26.2 Å². The molecule has 4 rings (SSSR count). The Kier molecular flexibility index (Phi) is 12.7. The van der Waals surface area contributed by atoms with Gasteiger partial charge in [0, 0.05) is 17.8 Å². The van der Waals surface area contributed by atoms with Crippen LogP contribution in [0, 0.1) is 5.41 Å². The van der Waals surface area contributed by atoms with Crippen LogP contribution < -0.4 is 21.3 Å². The summed E-state index contributed by atoms with van der Waals surface area (Å²) in [5, 5.41) is 10.7. The summed E-state index contributed by atoms with van der Waals surface area (Å²) >= 11 is -2.38. The van der Waals surface area contributed by atoms with Gasteiger partial charge in [-0.3, -0.25) is 23.4 Å². The first kappa shape index (κ1) is 36.3. The Hall–Kier alpha value is -2.54. The molecule has 4 aliphatic rings. The molecule has 260 valence electrons. The van der Waals surface area contributed by atoms with Gasteiger partial charge in [0.15, 0.2) is 0 Å². The highest BCUT2D eigenvalue weighted by Crippen LogP contribution is 2.40. The first-order chi connectivity index (χ1) is 21.9. The van der Waals surface area contributed by atoms with Gasteiger partial charge < -0.3 is 30.7 Å². The first-order valence-corrected chi connectivity index (χ1v) is 18.7. The number of nitrogens with zero attached hydrogens (tertiary/aromatic N) is 1. The standard InChI is InChI=1S/C33H55N5O7S/c1-4-5-13-24(26(39)29(41)34-23-15-16-23)35-28(40)25-14-12-21-38(25)30(42)27(32(3)17-8-6-9-18-32)36-31(43)37-33(22(2)46(44)45)19-10-7-11-20-33/h22-25,27H,4-21H2,1-3H3,(H,34,41)(H,35,40)(H,44,45)(H2,36,37,43)/p-1. The monoisotopic (exact) mass is 664 g/mol. The van der Waals surface area contributed by atoms with Crippen LogP contribution in [-0.2, 0) is 30.3 Å². The molecule has 3 aliphatic carbocycles. The van der Waals surface area contributed by atoms with Crippen LogP contribution in [0.2, 0.25) is 0 Å². The third kappa shape index (κ3) is 8.87. The molecular weight excluding hydrogens is 610 g/mol. The summed E-state index contributed by atoms with van der Waals surface area (Å²) in [6, 6.07) is -3.28. The van der Waals surface area contributed by atoms with E-state index >= 15 is 0 Å². The number of nitrogens with one attached hydrogen (secondary N) is 4. The van der Waals surface area contributed by atoms with Crippen LogP contribution in [0.3, 0.4) is 0 Å². The van der Waals surface area contributed by atoms with Crippen molar-refractivity contribution in [3.05, 3.63) is 0 Å². The molecule has 1 saturated heterocycles. The van der Waals surface area contributed by atoms with Gasteiger partial charge in [0.05, 0.1) is 11.6 Å². The summed E-state index contributed by atoms with van der Waals surface area (Å²) in [4.78, 5) is 68.9. The second-order valence-corrected chi connectivity index (χ2v) is 15.6.